The average Bonchev–Trinajstić information content (AvgIpc) is 3.40. The second-order valence-electron chi connectivity index (χ2n) is 12.7. The number of nitrogens with one attached hydrogen (secondary N) is 1. The molecule has 6 rings (SSSR count). The van der Waals surface area contributed by atoms with Crippen LogP contribution in [0.3, 0.4) is 0 Å². The van der Waals surface area contributed by atoms with Crippen LogP contribution in [0.2, 0.25) is 0 Å². The maximum Gasteiger partial charge on any atom is 0.319 e. The molecule has 4 heterocycles. The molecule has 0 radical (unpaired) electrons. The van der Waals surface area contributed by atoms with Crippen molar-refractivity contribution in [2.24, 2.45) is 0 Å². The number of halogens is 2. The van der Waals surface area contributed by atoms with Crippen molar-refractivity contribution in [3.8, 4) is 17.1 Å². The molecule has 2 aromatic carbocycles. The van der Waals surface area contributed by atoms with Crippen LogP contribution in [0, 0.1) is 19.7 Å². The van der Waals surface area contributed by atoms with E-state index in [2.05, 4.69) is 40.8 Å². The number of alkyl halides is 1. The molecule has 13 heteroatoms. The number of anilines is 2. The van der Waals surface area contributed by atoms with Gasteiger partial charge in [0.05, 0.1) is 10.9 Å². The number of piperazine rings is 1. The van der Waals surface area contributed by atoms with Gasteiger partial charge in [0.1, 0.15) is 23.4 Å². The Morgan fingerprint density at radius 3 is 2.63 bits per heavy atom. The topological polar surface area (TPSA) is 116 Å². The number of benzene rings is 2. The van der Waals surface area contributed by atoms with Crippen LogP contribution in [-0.4, -0.2) is 92.7 Å². The summed E-state index contributed by atoms with van der Waals surface area (Å²) in [5.74, 6) is 0.199. The molecule has 2 aromatic heterocycles. The number of carbonyl (C=O) groups is 1. The summed E-state index contributed by atoms with van der Waals surface area (Å²) in [6.07, 6.45) is 2.20. The summed E-state index contributed by atoms with van der Waals surface area (Å²) in [4.78, 5) is 28.1. The van der Waals surface area contributed by atoms with E-state index < -0.39 is 11.2 Å². The lowest BCUT2D eigenvalue weighted by Crippen LogP contribution is -2.58. The van der Waals surface area contributed by atoms with Crippen molar-refractivity contribution in [3.63, 3.8) is 0 Å². The smallest absolute Gasteiger partial charge is 0.319 e. The molecule has 0 saturated carbocycles. The van der Waals surface area contributed by atoms with Crippen molar-refractivity contribution >= 4 is 48.6 Å². The van der Waals surface area contributed by atoms with Gasteiger partial charge in [0.15, 0.2) is 11.6 Å². The first-order chi connectivity index (χ1) is 21.9. The molecule has 1 amide bonds. The Morgan fingerprint density at radius 1 is 1.17 bits per heavy atom. The van der Waals surface area contributed by atoms with Crippen LogP contribution in [0.15, 0.2) is 30.9 Å². The highest BCUT2D eigenvalue weighted by atomic mass is 31.0. The number of H-pyrrole nitrogens is 1. The maximum atomic E-state index is 17.0. The standard InChI is InChI=1S/C33H41F2N8O2P/c1-6-24(44)42-16-21(5)43(17-20(42)4)31-22-15-19(3)26(25-18(2)7-8-23-27(25)30(36)40-39-23)28(34)29(22)37-32(38-31)45-14-13-41-11-9-33(35,46)10-12-41/h6-8,15,20-21H,1,9-14,16-17,46H2,2-5H3,(H3,36,39,40)/t20-,21+/m1/s1. The van der Waals surface area contributed by atoms with Crippen LogP contribution in [0.25, 0.3) is 32.9 Å². The summed E-state index contributed by atoms with van der Waals surface area (Å²) in [5.41, 5.74) is 9.71. The zero-order valence-electron chi connectivity index (χ0n) is 26.7. The van der Waals surface area contributed by atoms with Gasteiger partial charge in [-0.1, -0.05) is 21.9 Å². The van der Waals surface area contributed by atoms with Gasteiger partial charge in [0.2, 0.25) is 5.91 Å². The highest BCUT2D eigenvalue weighted by Crippen LogP contribution is 2.42. The number of aryl methyl sites for hydroxylation is 2. The number of rotatable bonds is 7. The van der Waals surface area contributed by atoms with Gasteiger partial charge < -0.3 is 20.3 Å². The van der Waals surface area contributed by atoms with Crippen LogP contribution in [0.5, 0.6) is 6.01 Å². The van der Waals surface area contributed by atoms with Crippen LogP contribution in [-0.2, 0) is 4.79 Å². The van der Waals surface area contributed by atoms with Crippen LogP contribution in [0.1, 0.15) is 37.8 Å². The number of amides is 1. The minimum atomic E-state index is -1.22. The second-order valence-corrected chi connectivity index (χ2v) is 13.7. The van der Waals surface area contributed by atoms with Gasteiger partial charge in [0, 0.05) is 61.3 Å². The normalized spacial score (nSPS) is 20.4. The summed E-state index contributed by atoms with van der Waals surface area (Å²) >= 11 is 0. The second kappa shape index (κ2) is 12.4. The number of likely N-dealkylation sites (tertiary alicyclic amines) is 1. The molecule has 0 spiro atoms. The fourth-order valence-corrected chi connectivity index (χ4v) is 6.99. The highest BCUT2D eigenvalue weighted by molar-refractivity contribution is 7.18. The lowest BCUT2D eigenvalue weighted by molar-refractivity contribution is -0.128. The maximum absolute atomic E-state index is 17.0. The molecule has 244 valence electrons. The Hall–Kier alpha value is -3.89. The fraction of sp³-hybridized carbons (Fsp3) is 0.455. The first kappa shape index (κ1) is 32.1. The van der Waals surface area contributed by atoms with E-state index in [4.69, 9.17) is 15.5 Å². The number of nitrogens with two attached hydrogens (primary N) is 1. The van der Waals surface area contributed by atoms with Gasteiger partial charge >= 0.3 is 6.01 Å². The number of aromatic amines is 1. The number of carbonyl (C=O) groups excluding carboxylic acids is 1. The molecule has 3 atom stereocenters. The Labute approximate surface area is 269 Å². The largest absolute Gasteiger partial charge is 0.462 e. The van der Waals surface area contributed by atoms with Crippen LogP contribution in [0.4, 0.5) is 20.4 Å². The van der Waals surface area contributed by atoms with E-state index in [1.165, 1.54) is 6.08 Å². The van der Waals surface area contributed by atoms with E-state index >= 15 is 4.39 Å². The van der Waals surface area contributed by atoms with Crippen molar-refractivity contribution in [2.45, 2.75) is 58.0 Å². The highest BCUT2D eigenvalue weighted by Gasteiger charge is 2.34. The van der Waals surface area contributed by atoms with Crippen molar-refractivity contribution in [1.82, 2.24) is 30.0 Å². The first-order valence-electron chi connectivity index (χ1n) is 15.7. The molecule has 4 aromatic rings. The molecule has 2 fully saturated rings. The molecular formula is C33H41F2N8O2P. The van der Waals surface area contributed by atoms with Crippen molar-refractivity contribution < 1.29 is 18.3 Å². The minimum Gasteiger partial charge on any atom is -0.462 e. The molecular weight excluding hydrogens is 609 g/mol. The average molecular weight is 651 g/mol. The number of nitrogen functional groups attached to an aromatic ring is 1. The summed E-state index contributed by atoms with van der Waals surface area (Å²) in [7, 11) is 2.31. The van der Waals surface area contributed by atoms with Gasteiger partial charge in [-0.15, -0.1) is 0 Å². The van der Waals surface area contributed by atoms with Gasteiger partial charge in [0.25, 0.3) is 0 Å². The summed E-state index contributed by atoms with van der Waals surface area (Å²) in [6, 6.07) is 5.50. The third-order valence-corrected chi connectivity index (χ3v) is 9.92. The van der Waals surface area contributed by atoms with Gasteiger partial charge in [-0.05, 0) is 69.9 Å². The molecule has 3 N–H and O–H groups in total. The third-order valence-electron chi connectivity index (χ3n) is 9.35. The van der Waals surface area contributed by atoms with E-state index in [-0.39, 0.29) is 36.1 Å². The predicted octanol–water partition coefficient (Wildman–Crippen LogP) is 5.14. The number of hydrogen-bond acceptors (Lipinski definition) is 8. The van der Waals surface area contributed by atoms with Gasteiger partial charge in [-0.25, -0.2) is 8.78 Å². The summed E-state index contributed by atoms with van der Waals surface area (Å²) < 4.78 is 37.4. The monoisotopic (exact) mass is 650 g/mol. The number of hydrogen-bond donors (Lipinski definition) is 2. The van der Waals surface area contributed by atoms with E-state index in [0.717, 1.165) is 5.56 Å². The van der Waals surface area contributed by atoms with E-state index in [9.17, 15) is 9.18 Å². The van der Waals surface area contributed by atoms with Crippen LogP contribution < -0.4 is 15.4 Å². The molecule has 2 saturated heterocycles. The molecule has 0 bridgehead atoms. The Kier molecular flexibility index (Phi) is 8.63. The van der Waals surface area contributed by atoms with E-state index in [1.54, 1.807) is 4.90 Å². The SMILES string of the molecule is C=CC(=O)N1C[C@H](C)N(c2nc(OCCN3CCC(F)(P)CC3)nc3c(F)c(-c4c(C)ccc5[nH]nc(N)c45)c(C)cc23)C[C@H]1C. The predicted molar refractivity (Wildman–Crippen MR) is 181 cm³/mol. The van der Waals surface area contributed by atoms with Gasteiger partial charge in [-0.2, -0.15) is 15.1 Å². The number of aromatic nitrogens is 4. The lowest BCUT2D eigenvalue weighted by Gasteiger charge is -2.44. The number of piperidine rings is 1. The molecule has 2 aliphatic heterocycles. The Morgan fingerprint density at radius 2 is 1.91 bits per heavy atom. The quantitative estimate of drug-likeness (QED) is 0.209. The van der Waals surface area contributed by atoms with Crippen molar-refractivity contribution in [2.75, 3.05) is 50.0 Å². The molecule has 1 unspecified atom stereocenters. The first-order valence-corrected chi connectivity index (χ1v) is 16.2. The van der Waals surface area contributed by atoms with E-state index in [0.29, 0.717) is 90.2 Å². The molecule has 2 aliphatic rings. The van der Waals surface area contributed by atoms with E-state index in [1.807, 2.05) is 45.9 Å². The zero-order valence-corrected chi connectivity index (χ0v) is 27.9. The number of nitrogens with zero attached hydrogens (tertiary/aromatic N) is 6. The van der Waals surface area contributed by atoms with Crippen LogP contribution >= 0.6 is 9.24 Å². The van der Waals surface area contributed by atoms with Crippen molar-refractivity contribution in [1.29, 1.82) is 0 Å². The summed E-state index contributed by atoms with van der Waals surface area (Å²) in [5, 5.41) is 7.09. The molecule has 10 nitrogen and oxygen atoms in total. The minimum absolute atomic E-state index is 0.0568. The third kappa shape index (κ3) is 5.88. The Bertz CT molecular complexity index is 1820. The zero-order chi connectivity index (χ0) is 32.9. The number of fused-ring (bicyclic) bond motifs is 2. The van der Waals surface area contributed by atoms with Gasteiger partial charge in [-0.3, -0.25) is 14.8 Å². The fourth-order valence-electron chi connectivity index (χ4n) is 6.73. The van der Waals surface area contributed by atoms with Crippen molar-refractivity contribution in [3.05, 3.63) is 47.8 Å². The number of ether oxygens (including phenoxy) is 1. The Balaban J connectivity index is 1.44. The summed E-state index contributed by atoms with van der Waals surface area (Å²) in [6.45, 7) is 14.4. The molecule has 46 heavy (non-hydrogen) atoms. The molecule has 0 aliphatic carbocycles. The lowest BCUT2D eigenvalue weighted by atomic mass is 9.91.